The van der Waals surface area contributed by atoms with Gasteiger partial charge in [-0.1, -0.05) is 0 Å². The minimum absolute atomic E-state index is 0.269. The number of hydrogen-bond acceptors (Lipinski definition) is 4. The molecular weight excluding hydrogens is 502 g/mol. The van der Waals surface area contributed by atoms with E-state index in [1.54, 1.807) is 0 Å². The van der Waals surface area contributed by atoms with Crippen LogP contribution in [0.5, 0.6) is 0 Å². The zero-order valence-electron chi connectivity index (χ0n) is 10.3. The Balaban J connectivity index is 0.000000322. The summed E-state index contributed by atoms with van der Waals surface area (Å²) in [6.45, 7) is 0. The van der Waals surface area contributed by atoms with E-state index in [9.17, 15) is 9.59 Å². The van der Waals surface area contributed by atoms with Crippen molar-refractivity contribution in [2.75, 3.05) is 0 Å². The van der Waals surface area contributed by atoms with Crippen LogP contribution in [0.1, 0.15) is 20.7 Å². The molecule has 0 fully saturated rings. The first-order valence-electron chi connectivity index (χ1n) is 5.12. The van der Waals surface area contributed by atoms with Gasteiger partial charge in [-0.05, 0) is 24.3 Å². The Hall–Kier alpha value is -1.49. The molecule has 21 heavy (non-hydrogen) atoms. The first-order chi connectivity index (χ1) is 10.0. The third kappa shape index (κ3) is 9.96. The van der Waals surface area contributed by atoms with Crippen molar-refractivity contribution in [3.05, 3.63) is 60.2 Å². The molecule has 2 rings (SSSR count). The molecule has 6 nitrogen and oxygen atoms in total. The second-order valence-corrected chi connectivity index (χ2v) is 6.41. The fourth-order valence-corrected chi connectivity index (χ4v) is 0.989. The molecule has 0 aromatic carbocycles. The first kappa shape index (κ1) is 19.5. The van der Waals surface area contributed by atoms with Gasteiger partial charge >= 0.3 is 47.3 Å². The summed E-state index contributed by atoms with van der Waals surface area (Å²) in [6.07, 6.45) is 5.79. The monoisotopic (exact) mass is 511 g/mol. The Bertz CT molecular complexity index is 494. The number of pyridine rings is 2. The molecule has 0 amide bonds. The van der Waals surface area contributed by atoms with Crippen LogP contribution in [0.15, 0.2) is 49.1 Å². The molecule has 0 spiro atoms. The predicted octanol–water partition coefficient (Wildman–Crippen LogP) is 2.94. The van der Waals surface area contributed by atoms with Crippen molar-refractivity contribution in [3.8, 4) is 0 Å². The first-order valence-corrected chi connectivity index (χ1v) is 10.7. The summed E-state index contributed by atoms with van der Waals surface area (Å²) in [4.78, 5) is 27.7. The van der Waals surface area contributed by atoms with Crippen molar-refractivity contribution in [1.29, 1.82) is 0 Å². The van der Waals surface area contributed by atoms with Crippen molar-refractivity contribution < 1.29 is 36.3 Å². The Morgan fingerprint density at radius 2 is 1.05 bits per heavy atom. The maximum atomic E-state index is 10.2. The maximum absolute atomic E-state index is 10.2. The van der Waals surface area contributed by atoms with Crippen molar-refractivity contribution in [3.63, 3.8) is 0 Å². The summed E-state index contributed by atoms with van der Waals surface area (Å²) in [5.41, 5.74) is 0.537. The number of nitrogens with zero attached hydrogens (tertiary/aromatic N) is 2. The molecule has 0 atom stereocenters. The second-order valence-electron chi connectivity index (χ2n) is 3.13. The Labute approximate surface area is 137 Å². The number of halogens is 2. The van der Waals surface area contributed by atoms with Crippen LogP contribution >= 0.6 is 18.8 Å². The topological polar surface area (TPSA) is 100 Å². The third-order valence-electron chi connectivity index (χ3n) is 1.85. The van der Waals surface area contributed by atoms with E-state index in [1.165, 1.54) is 49.1 Å². The molecule has 2 aromatic heterocycles. The van der Waals surface area contributed by atoms with Crippen molar-refractivity contribution in [2.24, 2.45) is 0 Å². The van der Waals surface area contributed by atoms with Gasteiger partial charge in [0.05, 0.1) is 11.1 Å². The number of carboxylic acids is 2. The number of rotatable bonds is 2. The van der Waals surface area contributed by atoms with Crippen LogP contribution < -0.4 is 0 Å². The van der Waals surface area contributed by atoms with Gasteiger partial charge in [-0.15, -0.1) is 0 Å². The van der Waals surface area contributed by atoms with E-state index in [4.69, 9.17) is 29.0 Å². The Morgan fingerprint density at radius 1 is 0.810 bits per heavy atom. The zero-order valence-corrected chi connectivity index (χ0v) is 14.1. The van der Waals surface area contributed by atoms with Crippen LogP contribution in [0.25, 0.3) is 0 Å². The Kier molecular flexibility index (Phi) is 11.4. The molecule has 0 bridgehead atoms. The average molecular weight is 512 g/mol. The van der Waals surface area contributed by atoms with E-state index in [2.05, 4.69) is 9.97 Å². The van der Waals surface area contributed by atoms with Crippen molar-refractivity contribution in [1.82, 2.24) is 9.97 Å². The van der Waals surface area contributed by atoms with E-state index in [0.717, 1.165) is 0 Å². The van der Waals surface area contributed by atoms with E-state index >= 15 is 0 Å². The summed E-state index contributed by atoms with van der Waals surface area (Å²) in [5.74, 6) is -1.84. The summed E-state index contributed by atoms with van der Waals surface area (Å²) in [6, 6.07) is 5.79. The molecule has 2 aromatic rings. The molecule has 116 valence electrons. The molecule has 0 unspecified atom stereocenters. The fourth-order valence-electron chi connectivity index (χ4n) is 0.989. The molecule has 0 saturated heterocycles. The molecular formula is C12H10Cl2N2O4Pt. The molecule has 0 saturated carbocycles. The molecule has 0 radical (unpaired) electrons. The van der Waals surface area contributed by atoms with Gasteiger partial charge in [-0.25, -0.2) is 9.59 Å². The van der Waals surface area contributed by atoms with Gasteiger partial charge in [0, 0.05) is 24.8 Å². The van der Waals surface area contributed by atoms with E-state index in [1.807, 2.05) is 0 Å². The van der Waals surface area contributed by atoms with Gasteiger partial charge < -0.3 is 10.2 Å². The fraction of sp³-hybridized carbons (Fsp3) is 0. The van der Waals surface area contributed by atoms with Gasteiger partial charge in [0.15, 0.2) is 0 Å². The van der Waals surface area contributed by atoms with Gasteiger partial charge in [-0.2, -0.15) is 0 Å². The van der Waals surface area contributed by atoms with Crippen LogP contribution in [0.4, 0.5) is 0 Å². The summed E-state index contributed by atoms with van der Waals surface area (Å²) >= 11 is -0.472. The van der Waals surface area contributed by atoms with E-state index in [-0.39, 0.29) is 11.1 Å². The molecule has 9 heteroatoms. The standard InChI is InChI=1S/2C6H5NO2.2ClH.Pt/c2*8-6(9)5-1-3-7-4-2-5;;;/h2*1-4H,(H,8,9);2*1H;/q;;;;+2/p-2. The summed E-state index contributed by atoms with van der Waals surface area (Å²) < 4.78 is 0. The molecule has 2 N–H and O–H groups in total. The van der Waals surface area contributed by atoms with Crippen molar-refractivity contribution in [2.45, 2.75) is 0 Å². The normalized spacial score (nSPS) is 8.67. The second kappa shape index (κ2) is 12.3. The van der Waals surface area contributed by atoms with E-state index in [0.29, 0.717) is 0 Å². The Morgan fingerprint density at radius 3 is 1.19 bits per heavy atom. The zero-order chi connectivity index (χ0) is 16.1. The van der Waals surface area contributed by atoms with Gasteiger partial charge in [-0.3, -0.25) is 9.97 Å². The number of hydrogen-bond donors (Lipinski definition) is 2. The SMILES string of the molecule is O=C(O)c1ccncc1.O=C(O)c1ccncc1.[Cl][Pt][Cl]. The molecule has 0 aliphatic rings. The molecule has 2 heterocycles. The number of carboxylic acid groups (broad SMARTS) is 2. The predicted molar refractivity (Wildman–Crippen MR) is 74.1 cm³/mol. The number of aromatic carboxylic acids is 2. The minimum atomic E-state index is -0.919. The number of carbonyl (C=O) groups is 2. The average Bonchev–Trinajstić information content (AvgIpc) is 2.50. The van der Waals surface area contributed by atoms with Crippen LogP contribution in [0, 0.1) is 0 Å². The van der Waals surface area contributed by atoms with Crippen LogP contribution in [-0.2, 0) is 16.5 Å². The van der Waals surface area contributed by atoms with Gasteiger partial charge in [0.2, 0.25) is 0 Å². The molecule has 0 aliphatic carbocycles. The summed E-state index contributed by atoms with van der Waals surface area (Å²) in [5, 5.41) is 16.7. The van der Waals surface area contributed by atoms with Gasteiger partial charge in [0.1, 0.15) is 0 Å². The van der Waals surface area contributed by atoms with Gasteiger partial charge in [0.25, 0.3) is 0 Å². The van der Waals surface area contributed by atoms with Crippen LogP contribution in [0.2, 0.25) is 0 Å². The van der Waals surface area contributed by atoms with Crippen molar-refractivity contribution >= 4 is 30.8 Å². The summed E-state index contributed by atoms with van der Waals surface area (Å²) in [7, 11) is 9.75. The van der Waals surface area contributed by atoms with Crippen LogP contribution in [0.3, 0.4) is 0 Å². The quantitative estimate of drug-likeness (QED) is 0.643. The van der Waals surface area contributed by atoms with Crippen LogP contribution in [-0.4, -0.2) is 32.1 Å². The number of aromatic nitrogens is 2. The van der Waals surface area contributed by atoms with E-state index < -0.39 is 28.4 Å². The molecule has 0 aliphatic heterocycles. The third-order valence-corrected chi connectivity index (χ3v) is 1.85.